The maximum Gasteiger partial charge on any atom is 0.0737 e. The largest absolute Gasteiger partial charge is 0.354 e. The summed E-state index contributed by atoms with van der Waals surface area (Å²) in [5.74, 6) is 0. The van der Waals surface area contributed by atoms with Gasteiger partial charge < -0.3 is 4.98 Å². The summed E-state index contributed by atoms with van der Waals surface area (Å²) in [6.45, 7) is 0. The van der Waals surface area contributed by atoms with E-state index >= 15 is 0 Å². The van der Waals surface area contributed by atoms with Crippen LogP contribution in [0.4, 0.5) is 0 Å². The highest BCUT2D eigenvalue weighted by Crippen LogP contribution is 2.41. The molecule has 0 atom stereocenters. The molecule has 0 amide bonds. The Morgan fingerprint density at radius 3 is 1.10 bits per heavy atom. The average molecular weight is 660 g/mol. The van der Waals surface area contributed by atoms with E-state index in [4.69, 9.17) is 21.6 Å². The van der Waals surface area contributed by atoms with Gasteiger partial charge in [-0.25, -0.2) is 9.98 Å². The second kappa shape index (κ2) is 12.6. The zero-order valence-electron chi connectivity index (χ0n) is 27.0. The number of rotatable bonds is 4. The van der Waals surface area contributed by atoms with Crippen LogP contribution in [0, 0.1) is 0 Å². The van der Waals surface area contributed by atoms with Crippen molar-refractivity contribution in [3.05, 3.63) is 236 Å². The molecular weight excluding hydrogens is 630 g/mol. The Kier molecular flexibility index (Phi) is 7.53. The number of H-pyrrole nitrogens is 1. The third-order valence-corrected chi connectivity index (χ3v) is 9.72. The minimum atomic E-state index is 0.651. The van der Waals surface area contributed by atoms with Gasteiger partial charge in [-0.1, -0.05) is 151 Å². The topological polar surface area (TPSA) is 40.5 Å². The molecule has 4 heteroatoms. The maximum absolute atomic E-state index is 7.59. The van der Waals surface area contributed by atoms with E-state index in [-0.39, 0.29) is 0 Å². The number of hydrogen-bond donors (Lipinski definition) is 1. The molecule has 0 radical (unpaired) electrons. The normalized spacial score (nSPS) is 15.1. The van der Waals surface area contributed by atoms with E-state index < -0.39 is 0 Å². The first-order valence-corrected chi connectivity index (χ1v) is 17.1. The van der Waals surface area contributed by atoms with E-state index in [2.05, 4.69) is 157 Å². The molecule has 0 saturated heterocycles. The molecule has 0 saturated carbocycles. The van der Waals surface area contributed by atoms with Gasteiger partial charge in [-0.2, -0.15) is 0 Å². The van der Waals surface area contributed by atoms with Gasteiger partial charge in [0.15, 0.2) is 0 Å². The van der Waals surface area contributed by atoms with Crippen LogP contribution >= 0.6 is 11.6 Å². The number of nitrogens with zero attached hydrogens (tertiary/aromatic N) is 2. The van der Waals surface area contributed by atoms with Crippen LogP contribution in [-0.2, 0) is 0 Å². The molecule has 236 valence electrons. The third-order valence-electron chi connectivity index (χ3n) is 9.32. The monoisotopic (exact) mass is 659 g/mol. The lowest BCUT2D eigenvalue weighted by Crippen LogP contribution is -2.21. The van der Waals surface area contributed by atoms with Crippen molar-refractivity contribution in [3.63, 3.8) is 0 Å². The molecule has 0 spiro atoms. The van der Waals surface area contributed by atoms with Crippen molar-refractivity contribution in [2.24, 2.45) is 9.98 Å². The van der Waals surface area contributed by atoms with Gasteiger partial charge in [0.2, 0.25) is 0 Å². The molecule has 4 heterocycles. The number of hydrogen-bond acceptors (Lipinski definition) is 2. The minimum absolute atomic E-state index is 0.651. The number of benzene rings is 5. The van der Waals surface area contributed by atoms with Crippen molar-refractivity contribution in [1.82, 2.24) is 4.98 Å². The van der Waals surface area contributed by atoms with Crippen molar-refractivity contribution in [3.8, 4) is 0 Å². The fraction of sp³-hybridized carbons (Fsp3) is 0. The molecular formula is C46H30ClN3. The van der Waals surface area contributed by atoms with E-state index in [0.717, 1.165) is 89.2 Å². The summed E-state index contributed by atoms with van der Waals surface area (Å²) >= 11 is 7.59. The number of aromatic nitrogens is 1. The first kappa shape index (κ1) is 29.8. The van der Waals surface area contributed by atoms with Gasteiger partial charge in [0, 0.05) is 44.1 Å². The summed E-state index contributed by atoms with van der Waals surface area (Å²) < 4.78 is 0. The van der Waals surface area contributed by atoms with E-state index in [1.165, 1.54) is 0 Å². The van der Waals surface area contributed by atoms with Gasteiger partial charge in [-0.05, 0) is 58.7 Å². The number of aliphatic imine (C=N–C) groups is 2. The van der Waals surface area contributed by atoms with E-state index in [1.807, 2.05) is 24.3 Å². The van der Waals surface area contributed by atoms with Crippen LogP contribution in [-0.4, -0.2) is 16.4 Å². The van der Waals surface area contributed by atoms with Crippen LogP contribution in [0.3, 0.4) is 0 Å². The first-order chi connectivity index (χ1) is 24.7. The SMILES string of the molecule is Clc1c2cccc1C(c1ccccc1)=C1C=CC(=N1)C(c1ccccc1)=c1ccc([nH]1)=C(c1ccccc1)C1=NC(=C2c2ccccc2)C=C1. The Hall–Kier alpha value is -6.29. The highest BCUT2D eigenvalue weighted by molar-refractivity contribution is 6.35. The second-order valence-electron chi connectivity index (χ2n) is 12.3. The molecule has 1 N–H and O–H groups in total. The van der Waals surface area contributed by atoms with Crippen LogP contribution in [0.5, 0.6) is 0 Å². The standard InChI is InChI=1S/C46H30ClN3/c47-46-34-22-13-23-35(46)43(31-16-7-2-8-17-31)37-25-27-39(49-37)45(33-20-11-4-12-21-33)41-29-28-40(50-41)44(32-18-9-3-10-19-32)38-26-24-36(48-38)42(34)30-14-5-1-6-15-30/h1-29,50H. The quantitative estimate of drug-likeness (QED) is 0.196. The Bertz CT molecular complexity index is 2420. The van der Waals surface area contributed by atoms with E-state index in [9.17, 15) is 0 Å². The Labute approximate surface area is 295 Å². The highest BCUT2D eigenvalue weighted by atomic mass is 35.5. The van der Waals surface area contributed by atoms with E-state index in [1.54, 1.807) is 0 Å². The molecule has 6 aromatic rings. The predicted molar refractivity (Wildman–Crippen MR) is 207 cm³/mol. The lowest BCUT2D eigenvalue weighted by Gasteiger charge is -2.18. The Morgan fingerprint density at radius 1 is 0.360 bits per heavy atom. The van der Waals surface area contributed by atoms with Crippen molar-refractivity contribution in [2.75, 3.05) is 0 Å². The third kappa shape index (κ3) is 5.25. The zero-order chi connectivity index (χ0) is 33.4. The Morgan fingerprint density at radius 2 is 0.720 bits per heavy atom. The maximum atomic E-state index is 7.59. The molecule has 3 aliphatic rings. The van der Waals surface area contributed by atoms with Crippen molar-refractivity contribution >= 4 is 45.3 Å². The van der Waals surface area contributed by atoms with Crippen molar-refractivity contribution in [1.29, 1.82) is 0 Å². The van der Waals surface area contributed by atoms with Crippen LogP contribution in [0.1, 0.15) is 33.4 Å². The molecule has 9 rings (SSSR count). The smallest absolute Gasteiger partial charge is 0.0737 e. The van der Waals surface area contributed by atoms with Gasteiger partial charge in [-0.15, -0.1) is 0 Å². The molecule has 0 fully saturated rings. The summed E-state index contributed by atoms with van der Waals surface area (Å²) in [4.78, 5) is 14.5. The predicted octanol–water partition coefficient (Wildman–Crippen LogP) is 9.32. The van der Waals surface area contributed by atoms with Crippen LogP contribution in [0.15, 0.2) is 197 Å². The molecule has 3 aliphatic heterocycles. The number of halogens is 1. The molecule has 0 aliphatic carbocycles. The molecule has 1 aromatic heterocycles. The summed E-state index contributed by atoms with van der Waals surface area (Å²) in [6, 6.07) is 52.3. The highest BCUT2D eigenvalue weighted by Gasteiger charge is 2.24. The average Bonchev–Trinajstić information content (AvgIpc) is 3.95. The second-order valence-corrected chi connectivity index (χ2v) is 12.7. The number of aromatic amines is 1. The number of nitrogens with one attached hydrogen (secondary N) is 1. The summed E-state index contributed by atoms with van der Waals surface area (Å²) in [7, 11) is 0. The minimum Gasteiger partial charge on any atom is -0.354 e. The molecule has 0 unspecified atom stereocenters. The van der Waals surface area contributed by atoms with Crippen LogP contribution in [0.25, 0.3) is 22.3 Å². The van der Waals surface area contributed by atoms with Gasteiger partial charge in [0.1, 0.15) is 0 Å². The molecule has 5 aromatic carbocycles. The first-order valence-electron chi connectivity index (χ1n) is 16.7. The summed E-state index contributed by atoms with van der Waals surface area (Å²) in [5.41, 5.74) is 13.5. The summed E-state index contributed by atoms with van der Waals surface area (Å²) in [5, 5.41) is 2.60. The van der Waals surface area contributed by atoms with Gasteiger partial charge in [0.25, 0.3) is 0 Å². The van der Waals surface area contributed by atoms with Crippen molar-refractivity contribution in [2.45, 2.75) is 0 Å². The van der Waals surface area contributed by atoms with Crippen molar-refractivity contribution < 1.29 is 0 Å². The van der Waals surface area contributed by atoms with Gasteiger partial charge in [-0.3, -0.25) is 0 Å². The molecule has 3 nitrogen and oxygen atoms in total. The fourth-order valence-electron chi connectivity index (χ4n) is 7.07. The fourth-order valence-corrected chi connectivity index (χ4v) is 7.39. The van der Waals surface area contributed by atoms with Crippen LogP contribution < -0.4 is 10.7 Å². The number of fused-ring (bicyclic) bond motifs is 6. The Balaban J connectivity index is 1.45. The molecule has 50 heavy (non-hydrogen) atoms. The van der Waals surface area contributed by atoms with Gasteiger partial charge >= 0.3 is 0 Å². The lowest BCUT2D eigenvalue weighted by molar-refractivity contribution is 1.25. The zero-order valence-corrected chi connectivity index (χ0v) is 27.8. The van der Waals surface area contributed by atoms with Gasteiger partial charge in [0.05, 0.1) is 27.8 Å². The lowest BCUT2D eigenvalue weighted by atomic mass is 9.90. The molecule has 8 bridgehead atoms. The van der Waals surface area contributed by atoms with E-state index in [0.29, 0.717) is 5.02 Å². The number of allylic oxidation sites excluding steroid dienone is 4. The van der Waals surface area contributed by atoms with Crippen LogP contribution in [0.2, 0.25) is 5.02 Å². The summed E-state index contributed by atoms with van der Waals surface area (Å²) in [6.07, 6.45) is 8.45.